The molecule has 1 unspecified atom stereocenters. The Morgan fingerprint density at radius 3 is 2.93 bits per heavy atom. The van der Waals surface area contributed by atoms with E-state index in [1.807, 2.05) is 36.4 Å². The van der Waals surface area contributed by atoms with Crippen LogP contribution in [0.1, 0.15) is 17.5 Å². The van der Waals surface area contributed by atoms with Crippen molar-refractivity contribution in [2.75, 3.05) is 7.05 Å². The van der Waals surface area contributed by atoms with E-state index in [9.17, 15) is 4.91 Å². The number of rotatable bonds is 2. The van der Waals surface area contributed by atoms with E-state index in [4.69, 9.17) is 0 Å². The van der Waals surface area contributed by atoms with Gasteiger partial charge in [0.25, 0.3) is 0 Å². The number of hydrogen-bond donors (Lipinski definition) is 1. The molecule has 1 atom stereocenters. The minimum Gasteiger partial charge on any atom is -0.289 e. The molecule has 2 rings (SSSR count). The van der Waals surface area contributed by atoms with Gasteiger partial charge in [-0.05, 0) is 17.8 Å². The van der Waals surface area contributed by atoms with Crippen molar-refractivity contribution in [1.82, 2.24) is 5.32 Å². The van der Waals surface area contributed by atoms with Crippen molar-refractivity contribution in [1.29, 1.82) is 0 Å². The van der Waals surface area contributed by atoms with Gasteiger partial charge in [0.2, 0.25) is 0 Å². The van der Waals surface area contributed by atoms with Crippen molar-refractivity contribution < 1.29 is 0 Å². The molecule has 0 amide bonds. The van der Waals surface area contributed by atoms with Crippen LogP contribution in [0.25, 0.3) is 6.08 Å². The molecule has 1 aromatic carbocycles. The van der Waals surface area contributed by atoms with Crippen LogP contribution >= 0.6 is 0 Å². The Bertz CT molecular complexity index is 387. The highest BCUT2D eigenvalue weighted by Crippen LogP contribution is 2.33. The highest BCUT2D eigenvalue weighted by atomic mass is 16.3. The molecule has 0 saturated carbocycles. The standard InChI is InChI=1S/C11H12N2O/c1-12-11(13-14)8-4-6-9-5-2-3-7-10(9)11/h2-7,12H,8H2,1H3. The van der Waals surface area contributed by atoms with Crippen LogP contribution < -0.4 is 5.32 Å². The molecule has 0 radical (unpaired) electrons. The van der Waals surface area contributed by atoms with Crippen LogP contribution in [0.3, 0.4) is 0 Å². The quantitative estimate of drug-likeness (QED) is 0.723. The average molecular weight is 188 g/mol. The zero-order valence-corrected chi connectivity index (χ0v) is 8.03. The van der Waals surface area contributed by atoms with Crippen molar-refractivity contribution in [3.8, 4) is 0 Å². The zero-order valence-electron chi connectivity index (χ0n) is 8.03. The van der Waals surface area contributed by atoms with Gasteiger partial charge in [-0.3, -0.25) is 5.32 Å². The first-order chi connectivity index (χ1) is 6.82. The Balaban J connectivity index is 2.60. The SMILES string of the molecule is CNC1(N=O)CC=Cc2ccccc21. The molecule has 1 N–H and O–H groups in total. The van der Waals surface area contributed by atoms with Crippen molar-refractivity contribution in [3.05, 3.63) is 46.4 Å². The van der Waals surface area contributed by atoms with Crippen LogP contribution in [0.4, 0.5) is 0 Å². The number of nitrogens with one attached hydrogen (secondary N) is 1. The van der Waals surface area contributed by atoms with E-state index in [-0.39, 0.29) is 0 Å². The summed E-state index contributed by atoms with van der Waals surface area (Å²) in [6, 6.07) is 7.81. The summed E-state index contributed by atoms with van der Waals surface area (Å²) < 4.78 is 0. The Hall–Kier alpha value is -1.48. The summed E-state index contributed by atoms with van der Waals surface area (Å²) in [5.74, 6) is 0. The summed E-state index contributed by atoms with van der Waals surface area (Å²) >= 11 is 0. The molecule has 0 spiro atoms. The van der Waals surface area contributed by atoms with E-state index >= 15 is 0 Å². The second-order valence-electron chi connectivity index (χ2n) is 3.40. The van der Waals surface area contributed by atoms with Crippen LogP contribution in [0.2, 0.25) is 0 Å². The third-order valence-electron chi connectivity index (χ3n) is 2.69. The molecule has 0 aromatic heterocycles. The van der Waals surface area contributed by atoms with Gasteiger partial charge in [-0.25, -0.2) is 0 Å². The molecule has 0 fully saturated rings. The Morgan fingerprint density at radius 2 is 2.21 bits per heavy atom. The molecule has 0 bridgehead atoms. The predicted molar refractivity (Wildman–Crippen MR) is 56.6 cm³/mol. The molecule has 3 heteroatoms. The van der Waals surface area contributed by atoms with Crippen LogP contribution in [0.5, 0.6) is 0 Å². The van der Waals surface area contributed by atoms with E-state index < -0.39 is 5.66 Å². The topological polar surface area (TPSA) is 41.5 Å². The summed E-state index contributed by atoms with van der Waals surface area (Å²) in [7, 11) is 1.76. The summed E-state index contributed by atoms with van der Waals surface area (Å²) in [5, 5.41) is 6.22. The highest BCUT2D eigenvalue weighted by Gasteiger charge is 2.34. The first-order valence-corrected chi connectivity index (χ1v) is 4.62. The van der Waals surface area contributed by atoms with Crippen LogP contribution in [0.15, 0.2) is 35.5 Å². The second kappa shape index (κ2) is 3.35. The fraction of sp³-hybridized carbons (Fsp3) is 0.273. The predicted octanol–water partition coefficient (Wildman–Crippen LogP) is 2.24. The fourth-order valence-electron chi connectivity index (χ4n) is 1.85. The molecule has 14 heavy (non-hydrogen) atoms. The third-order valence-corrected chi connectivity index (χ3v) is 2.69. The molecule has 1 aliphatic carbocycles. The maximum atomic E-state index is 10.9. The number of fused-ring (bicyclic) bond motifs is 1. The number of hydrogen-bond acceptors (Lipinski definition) is 3. The van der Waals surface area contributed by atoms with Crippen LogP contribution in [-0.2, 0) is 5.66 Å². The largest absolute Gasteiger partial charge is 0.289 e. The summed E-state index contributed by atoms with van der Waals surface area (Å²) in [6.07, 6.45) is 4.61. The van der Waals surface area contributed by atoms with Crippen molar-refractivity contribution >= 4 is 6.08 Å². The van der Waals surface area contributed by atoms with E-state index in [1.165, 1.54) is 0 Å². The Kier molecular flexibility index (Phi) is 2.17. The minimum atomic E-state index is -0.772. The van der Waals surface area contributed by atoms with E-state index in [0.717, 1.165) is 11.1 Å². The van der Waals surface area contributed by atoms with E-state index in [1.54, 1.807) is 7.05 Å². The smallest absolute Gasteiger partial charge is 0.182 e. The van der Waals surface area contributed by atoms with Crippen LogP contribution in [0, 0.1) is 4.91 Å². The monoisotopic (exact) mass is 188 g/mol. The van der Waals surface area contributed by atoms with Crippen LogP contribution in [-0.4, -0.2) is 7.05 Å². The summed E-state index contributed by atoms with van der Waals surface area (Å²) in [4.78, 5) is 10.9. The highest BCUT2D eigenvalue weighted by molar-refractivity contribution is 5.58. The van der Waals surface area contributed by atoms with Gasteiger partial charge in [-0.2, -0.15) is 0 Å². The number of nitrogens with zero attached hydrogens (tertiary/aromatic N) is 1. The van der Waals surface area contributed by atoms with E-state index in [2.05, 4.69) is 10.5 Å². The fourth-order valence-corrected chi connectivity index (χ4v) is 1.85. The first kappa shape index (κ1) is 9.09. The lowest BCUT2D eigenvalue weighted by atomic mass is 9.87. The molecule has 0 heterocycles. The van der Waals surface area contributed by atoms with E-state index in [0.29, 0.717) is 6.42 Å². The molecule has 0 saturated heterocycles. The maximum Gasteiger partial charge on any atom is 0.182 e. The minimum absolute atomic E-state index is 0.615. The number of benzene rings is 1. The lowest BCUT2D eigenvalue weighted by molar-refractivity contribution is 0.376. The van der Waals surface area contributed by atoms with Gasteiger partial charge in [0.15, 0.2) is 5.66 Å². The zero-order chi connectivity index (χ0) is 10.0. The van der Waals surface area contributed by atoms with Crippen molar-refractivity contribution in [2.24, 2.45) is 5.18 Å². The molecule has 1 aliphatic rings. The molecular formula is C11H12N2O. The third kappa shape index (κ3) is 1.17. The van der Waals surface area contributed by atoms with Gasteiger partial charge < -0.3 is 0 Å². The summed E-state index contributed by atoms with van der Waals surface area (Å²) in [6.45, 7) is 0. The van der Waals surface area contributed by atoms with Gasteiger partial charge in [-0.1, -0.05) is 36.4 Å². The van der Waals surface area contributed by atoms with Gasteiger partial charge >= 0.3 is 0 Å². The van der Waals surface area contributed by atoms with Crippen molar-refractivity contribution in [3.63, 3.8) is 0 Å². The maximum absolute atomic E-state index is 10.9. The van der Waals surface area contributed by atoms with Crippen molar-refractivity contribution in [2.45, 2.75) is 12.1 Å². The Labute approximate surface area is 82.8 Å². The molecule has 0 aliphatic heterocycles. The Morgan fingerprint density at radius 1 is 1.43 bits per heavy atom. The average Bonchev–Trinajstić information content (AvgIpc) is 2.28. The lowest BCUT2D eigenvalue weighted by Gasteiger charge is -2.29. The molecule has 1 aromatic rings. The van der Waals surface area contributed by atoms with Gasteiger partial charge in [0.1, 0.15) is 0 Å². The lowest BCUT2D eigenvalue weighted by Crippen LogP contribution is -2.38. The second-order valence-corrected chi connectivity index (χ2v) is 3.40. The van der Waals surface area contributed by atoms with Gasteiger partial charge in [-0.15, -0.1) is 4.91 Å². The summed E-state index contributed by atoms with van der Waals surface area (Å²) in [5.41, 5.74) is 1.25. The van der Waals surface area contributed by atoms with Gasteiger partial charge in [0.05, 0.1) is 0 Å². The normalized spacial score (nSPS) is 24.4. The first-order valence-electron chi connectivity index (χ1n) is 4.62. The molecule has 3 nitrogen and oxygen atoms in total. The molecule has 72 valence electrons. The number of nitroso groups, excluding NO2 is 1. The molecular weight excluding hydrogens is 176 g/mol. The van der Waals surface area contributed by atoms with Gasteiger partial charge in [0, 0.05) is 12.0 Å².